The second kappa shape index (κ2) is 4.95. The van der Waals surface area contributed by atoms with Crippen LogP contribution in [0, 0.1) is 17.8 Å². The predicted molar refractivity (Wildman–Crippen MR) is 78.7 cm³/mol. The van der Waals surface area contributed by atoms with Gasteiger partial charge in [0.25, 0.3) is 0 Å². The van der Waals surface area contributed by atoms with Gasteiger partial charge in [0.15, 0.2) is 0 Å². The van der Waals surface area contributed by atoms with E-state index in [1.165, 1.54) is 6.92 Å². The molecule has 1 aliphatic heterocycles. The maximum Gasteiger partial charge on any atom is 0.309 e. The molecule has 0 amide bonds. The van der Waals surface area contributed by atoms with Gasteiger partial charge in [-0.3, -0.25) is 9.59 Å². The maximum atomic E-state index is 12.1. The van der Waals surface area contributed by atoms with Crippen molar-refractivity contribution in [2.45, 2.75) is 51.9 Å². The van der Waals surface area contributed by atoms with Crippen molar-refractivity contribution in [1.82, 2.24) is 0 Å². The third kappa shape index (κ3) is 2.19. The van der Waals surface area contributed by atoms with E-state index in [9.17, 15) is 14.7 Å². The minimum atomic E-state index is -1.06. The van der Waals surface area contributed by atoms with Gasteiger partial charge in [-0.25, -0.2) is 0 Å². The van der Waals surface area contributed by atoms with Gasteiger partial charge in [0.2, 0.25) is 0 Å². The Bertz CT molecular complexity index is 586. The second-order valence-electron chi connectivity index (χ2n) is 6.89. The van der Waals surface area contributed by atoms with Crippen molar-refractivity contribution in [3.63, 3.8) is 0 Å². The number of carbonyl (C=O) groups excluding carboxylic acids is 2. The average molecular weight is 306 g/mol. The molecule has 1 N–H and O–H groups in total. The Labute approximate surface area is 130 Å². The van der Waals surface area contributed by atoms with Crippen LogP contribution in [0.1, 0.15) is 34.1 Å². The molecule has 0 aromatic heterocycles. The van der Waals surface area contributed by atoms with Crippen molar-refractivity contribution in [1.29, 1.82) is 0 Å². The van der Waals surface area contributed by atoms with Gasteiger partial charge in [0.05, 0.1) is 17.4 Å². The highest BCUT2D eigenvalue weighted by Crippen LogP contribution is 2.50. The fraction of sp³-hybridized carbons (Fsp3) is 0.647. The van der Waals surface area contributed by atoms with Gasteiger partial charge in [-0.1, -0.05) is 24.6 Å². The maximum absolute atomic E-state index is 12.1. The number of rotatable bonds is 1. The number of fused-ring (bicyclic) bond motifs is 3. The van der Waals surface area contributed by atoms with Gasteiger partial charge in [-0.15, -0.1) is 0 Å². The van der Waals surface area contributed by atoms with Crippen molar-refractivity contribution in [2.24, 2.45) is 17.8 Å². The molecule has 1 fully saturated rings. The van der Waals surface area contributed by atoms with E-state index >= 15 is 0 Å². The predicted octanol–water partition coefficient (Wildman–Crippen LogP) is 1.75. The molecule has 3 rings (SSSR count). The summed E-state index contributed by atoms with van der Waals surface area (Å²) in [6, 6.07) is 0. The topological polar surface area (TPSA) is 72.8 Å². The number of hydrogen-bond acceptors (Lipinski definition) is 5. The lowest BCUT2D eigenvalue weighted by atomic mass is 9.76. The van der Waals surface area contributed by atoms with Crippen LogP contribution < -0.4 is 0 Å². The number of carbonyl (C=O) groups is 2. The molecule has 6 atom stereocenters. The lowest BCUT2D eigenvalue weighted by molar-refractivity contribution is -0.151. The van der Waals surface area contributed by atoms with Gasteiger partial charge in [0.1, 0.15) is 12.2 Å². The van der Waals surface area contributed by atoms with E-state index in [2.05, 4.69) is 0 Å². The zero-order valence-electron chi connectivity index (χ0n) is 13.3. The molecule has 0 spiro atoms. The molecular weight excluding hydrogens is 284 g/mol. The summed E-state index contributed by atoms with van der Waals surface area (Å²) in [5, 5.41) is 10.7. The molecule has 0 radical (unpaired) electrons. The molecule has 5 nitrogen and oxygen atoms in total. The SMILES string of the molecule is CC(=O)O[C@@H]1CC(C)=C2C=C[C@@](C)(O)[C@@H]2[C@@H]2OC(=O)[C@H](C)[C@@H]21. The first kappa shape index (κ1) is 15.3. The van der Waals surface area contributed by atoms with Gasteiger partial charge in [0, 0.05) is 19.3 Å². The summed E-state index contributed by atoms with van der Waals surface area (Å²) in [6.07, 6.45) is 3.37. The zero-order valence-corrected chi connectivity index (χ0v) is 13.3. The van der Waals surface area contributed by atoms with Crippen LogP contribution in [-0.4, -0.2) is 34.9 Å². The van der Waals surface area contributed by atoms with Gasteiger partial charge in [-0.2, -0.15) is 0 Å². The minimum Gasteiger partial charge on any atom is -0.462 e. The Morgan fingerprint density at radius 2 is 2.18 bits per heavy atom. The first-order valence-corrected chi connectivity index (χ1v) is 7.71. The van der Waals surface area contributed by atoms with Crippen LogP contribution in [0.15, 0.2) is 23.3 Å². The van der Waals surface area contributed by atoms with E-state index in [1.807, 2.05) is 13.0 Å². The van der Waals surface area contributed by atoms with E-state index in [4.69, 9.17) is 9.47 Å². The highest BCUT2D eigenvalue weighted by Gasteiger charge is 2.57. The molecule has 1 heterocycles. The van der Waals surface area contributed by atoms with E-state index < -0.39 is 17.8 Å². The lowest BCUT2D eigenvalue weighted by Gasteiger charge is -2.34. The van der Waals surface area contributed by atoms with Crippen molar-refractivity contribution in [3.8, 4) is 0 Å². The zero-order chi connectivity index (χ0) is 16.2. The normalized spacial score (nSPS) is 43.5. The number of esters is 2. The van der Waals surface area contributed by atoms with Crippen LogP contribution in [0.3, 0.4) is 0 Å². The number of allylic oxidation sites excluding steroid dienone is 1. The monoisotopic (exact) mass is 306 g/mol. The molecule has 0 aromatic rings. The molecule has 1 saturated heterocycles. The summed E-state index contributed by atoms with van der Waals surface area (Å²) in [7, 11) is 0. The van der Waals surface area contributed by atoms with E-state index in [-0.39, 0.29) is 29.7 Å². The molecule has 0 aromatic carbocycles. The van der Waals surface area contributed by atoms with Crippen molar-refractivity contribution < 1.29 is 24.2 Å². The Balaban J connectivity index is 2.07. The van der Waals surface area contributed by atoms with Crippen LogP contribution in [0.25, 0.3) is 0 Å². The third-order valence-electron chi connectivity index (χ3n) is 5.22. The molecule has 2 aliphatic carbocycles. The summed E-state index contributed by atoms with van der Waals surface area (Å²) in [5.74, 6) is -1.53. The van der Waals surface area contributed by atoms with Gasteiger partial charge < -0.3 is 14.6 Å². The fourth-order valence-electron chi connectivity index (χ4n) is 4.17. The summed E-state index contributed by atoms with van der Waals surface area (Å²) in [5.41, 5.74) is 1.01. The Hall–Kier alpha value is -1.62. The molecule has 3 aliphatic rings. The first-order valence-electron chi connectivity index (χ1n) is 7.71. The molecule has 0 saturated carbocycles. The third-order valence-corrected chi connectivity index (χ3v) is 5.22. The highest BCUT2D eigenvalue weighted by molar-refractivity contribution is 5.75. The summed E-state index contributed by atoms with van der Waals surface area (Å²) in [4.78, 5) is 23.5. The number of aliphatic hydroxyl groups is 1. The van der Waals surface area contributed by atoms with E-state index in [0.717, 1.165) is 11.1 Å². The molecular formula is C17H22O5. The number of hydrogen-bond donors (Lipinski definition) is 1. The minimum absolute atomic E-state index is 0.236. The molecule has 5 heteroatoms. The molecule has 22 heavy (non-hydrogen) atoms. The van der Waals surface area contributed by atoms with Crippen LogP contribution >= 0.6 is 0 Å². The average Bonchev–Trinajstić information content (AvgIpc) is 2.81. The van der Waals surface area contributed by atoms with Gasteiger partial charge >= 0.3 is 11.9 Å². The van der Waals surface area contributed by atoms with Gasteiger partial charge in [-0.05, 0) is 19.4 Å². The van der Waals surface area contributed by atoms with Crippen LogP contribution in [0.5, 0.6) is 0 Å². The largest absolute Gasteiger partial charge is 0.462 e. The van der Waals surface area contributed by atoms with Crippen LogP contribution in [0.2, 0.25) is 0 Å². The Morgan fingerprint density at radius 1 is 1.50 bits per heavy atom. The van der Waals surface area contributed by atoms with Crippen molar-refractivity contribution in [3.05, 3.63) is 23.3 Å². The van der Waals surface area contributed by atoms with Crippen molar-refractivity contribution in [2.75, 3.05) is 0 Å². The summed E-state index contributed by atoms with van der Waals surface area (Å²) >= 11 is 0. The van der Waals surface area contributed by atoms with E-state index in [1.54, 1.807) is 19.9 Å². The second-order valence-corrected chi connectivity index (χ2v) is 6.89. The molecule has 120 valence electrons. The quantitative estimate of drug-likeness (QED) is 0.747. The smallest absolute Gasteiger partial charge is 0.309 e. The summed E-state index contributed by atoms with van der Waals surface area (Å²) in [6.45, 7) is 6.90. The molecule has 0 unspecified atom stereocenters. The number of ether oxygens (including phenoxy) is 2. The lowest BCUT2D eigenvalue weighted by Crippen LogP contribution is -2.44. The first-order chi connectivity index (χ1) is 10.2. The molecule has 0 bridgehead atoms. The Morgan fingerprint density at radius 3 is 2.82 bits per heavy atom. The van der Waals surface area contributed by atoms with Crippen LogP contribution in [0.4, 0.5) is 0 Å². The van der Waals surface area contributed by atoms with Crippen LogP contribution in [-0.2, 0) is 19.1 Å². The summed E-state index contributed by atoms with van der Waals surface area (Å²) < 4.78 is 11.1. The highest BCUT2D eigenvalue weighted by atomic mass is 16.6. The Kier molecular flexibility index (Phi) is 3.44. The van der Waals surface area contributed by atoms with Crippen molar-refractivity contribution >= 4 is 11.9 Å². The fourth-order valence-corrected chi connectivity index (χ4v) is 4.17. The van der Waals surface area contributed by atoms with E-state index in [0.29, 0.717) is 6.42 Å². The standard InChI is InChI=1S/C17H22O5/c1-8-7-12(21-10(3)18)13-9(2)16(19)22-15(13)14-11(8)5-6-17(14,4)20/h5-6,9,12-15,20H,7H2,1-4H3/t9-,12-,13-,14+,15-,17-/m1/s1.